The fraction of sp³-hybridized carbons (Fsp3) is 0.267. The smallest absolute Gasteiger partial charge is 0.354 e. The molecular formula is C15H17N3O2. The molecule has 0 spiro atoms. The molecule has 2 heterocycles. The number of hydrogen-bond donors (Lipinski definition) is 1. The van der Waals surface area contributed by atoms with Crippen LogP contribution in [0.15, 0.2) is 42.9 Å². The van der Waals surface area contributed by atoms with Crippen molar-refractivity contribution in [3.8, 4) is 0 Å². The van der Waals surface area contributed by atoms with Crippen molar-refractivity contribution in [2.24, 2.45) is 0 Å². The van der Waals surface area contributed by atoms with E-state index in [1.54, 1.807) is 18.5 Å². The van der Waals surface area contributed by atoms with Gasteiger partial charge in [0.1, 0.15) is 0 Å². The number of pyridine rings is 2. The molecule has 0 fully saturated rings. The van der Waals surface area contributed by atoms with Gasteiger partial charge in [0.05, 0.1) is 0 Å². The summed E-state index contributed by atoms with van der Waals surface area (Å²) in [7, 11) is 0. The Bertz CT molecular complexity index is 572. The summed E-state index contributed by atoms with van der Waals surface area (Å²) >= 11 is 0. The first kappa shape index (κ1) is 14.1. The van der Waals surface area contributed by atoms with Crippen LogP contribution >= 0.6 is 0 Å². The van der Waals surface area contributed by atoms with Gasteiger partial charge in [-0.05, 0) is 35.9 Å². The summed E-state index contributed by atoms with van der Waals surface area (Å²) in [4.78, 5) is 21.3. The zero-order chi connectivity index (χ0) is 14.4. The van der Waals surface area contributed by atoms with E-state index in [0.29, 0.717) is 6.54 Å². The van der Waals surface area contributed by atoms with E-state index in [1.807, 2.05) is 18.2 Å². The van der Waals surface area contributed by atoms with Gasteiger partial charge in [-0.15, -0.1) is 0 Å². The molecule has 0 bridgehead atoms. The van der Waals surface area contributed by atoms with Crippen LogP contribution in [0.2, 0.25) is 0 Å². The summed E-state index contributed by atoms with van der Waals surface area (Å²) in [5, 5.41) is 9.15. The number of aromatic carboxylic acids is 1. The number of carbonyl (C=O) groups is 1. The summed E-state index contributed by atoms with van der Waals surface area (Å²) < 4.78 is 0. The van der Waals surface area contributed by atoms with Crippen LogP contribution in [-0.4, -0.2) is 32.5 Å². The Morgan fingerprint density at radius 3 is 2.60 bits per heavy atom. The zero-order valence-electron chi connectivity index (χ0n) is 11.4. The molecule has 0 aromatic carbocycles. The summed E-state index contributed by atoms with van der Waals surface area (Å²) in [6.45, 7) is 4.20. The van der Waals surface area contributed by atoms with Gasteiger partial charge in [0, 0.05) is 31.7 Å². The highest BCUT2D eigenvalue weighted by molar-refractivity contribution is 5.86. The van der Waals surface area contributed by atoms with E-state index in [2.05, 4.69) is 21.8 Å². The van der Waals surface area contributed by atoms with Crippen molar-refractivity contribution in [2.75, 3.05) is 6.54 Å². The van der Waals surface area contributed by atoms with Crippen molar-refractivity contribution in [1.29, 1.82) is 0 Å². The maximum Gasteiger partial charge on any atom is 0.354 e. The van der Waals surface area contributed by atoms with Crippen LogP contribution in [0.5, 0.6) is 0 Å². The maximum atomic E-state index is 11.2. The third kappa shape index (κ3) is 3.61. The van der Waals surface area contributed by atoms with Gasteiger partial charge in [-0.25, -0.2) is 9.78 Å². The van der Waals surface area contributed by atoms with Gasteiger partial charge >= 0.3 is 5.97 Å². The maximum absolute atomic E-state index is 11.2. The lowest BCUT2D eigenvalue weighted by Crippen LogP contribution is -2.24. The topological polar surface area (TPSA) is 66.3 Å². The standard InChI is InChI=1S/C15H17N3O2/c1-2-18(10-12-5-8-16-9-6-12)11-13-4-3-7-17-14(13)15(19)20/h3-9H,2,10-11H2,1H3,(H,19,20). The summed E-state index contributed by atoms with van der Waals surface area (Å²) in [5.74, 6) is -0.986. The second-order valence-corrected chi connectivity index (χ2v) is 4.48. The number of carboxylic acids is 1. The Hall–Kier alpha value is -2.27. The van der Waals surface area contributed by atoms with Crippen LogP contribution in [0.4, 0.5) is 0 Å². The highest BCUT2D eigenvalue weighted by Crippen LogP contribution is 2.12. The van der Waals surface area contributed by atoms with E-state index in [0.717, 1.165) is 24.2 Å². The molecule has 0 saturated carbocycles. The minimum Gasteiger partial charge on any atom is -0.477 e. The molecule has 2 aromatic rings. The van der Waals surface area contributed by atoms with Crippen LogP contribution < -0.4 is 0 Å². The van der Waals surface area contributed by atoms with Crippen molar-refractivity contribution in [3.63, 3.8) is 0 Å². The Balaban J connectivity index is 2.13. The first-order valence-corrected chi connectivity index (χ1v) is 6.49. The Morgan fingerprint density at radius 2 is 1.95 bits per heavy atom. The molecule has 0 amide bonds. The van der Waals surface area contributed by atoms with Crippen molar-refractivity contribution in [3.05, 3.63) is 59.7 Å². The van der Waals surface area contributed by atoms with Crippen LogP contribution in [0.1, 0.15) is 28.5 Å². The molecule has 0 radical (unpaired) electrons. The third-order valence-corrected chi connectivity index (χ3v) is 3.09. The molecule has 0 atom stereocenters. The van der Waals surface area contributed by atoms with E-state index < -0.39 is 5.97 Å². The monoisotopic (exact) mass is 271 g/mol. The van der Waals surface area contributed by atoms with Crippen molar-refractivity contribution in [2.45, 2.75) is 20.0 Å². The first-order chi connectivity index (χ1) is 9.70. The van der Waals surface area contributed by atoms with Gasteiger partial charge in [0.25, 0.3) is 0 Å². The highest BCUT2D eigenvalue weighted by Gasteiger charge is 2.13. The molecule has 1 N–H and O–H groups in total. The summed E-state index contributed by atoms with van der Waals surface area (Å²) in [6, 6.07) is 7.50. The molecule has 0 aliphatic rings. The number of aromatic nitrogens is 2. The minimum atomic E-state index is -0.986. The second kappa shape index (κ2) is 6.77. The molecule has 0 saturated heterocycles. The molecule has 0 unspecified atom stereocenters. The van der Waals surface area contributed by atoms with Gasteiger partial charge in [0.2, 0.25) is 0 Å². The van der Waals surface area contributed by atoms with Crippen molar-refractivity contribution < 1.29 is 9.90 Å². The van der Waals surface area contributed by atoms with E-state index in [-0.39, 0.29) is 5.69 Å². The van der Waals surface area contributed by atoms with Crippen LogP contribution in [0, 0.1) is 0 Å². The van der Waals surface area contributed by atoms with Gasteiger partial charge in [-0.1, -0.05) is 13.0 Å². The molecular weight excluding hydrogens is 254 g/mol. The van der Waals surface area contributed by atoms with Gasteiger partial charge in [-0.3, -0.25) is 9.88 Å². The van der Waals surface area contributed by atoms with Crippen molar-refractivity contribution >= 4 is 5.97 Å². The minimum absolute atomic E-state index is 0.126. The van der Waals surface area contributed by atoms with Crippen molar-refractivity contribution in [1.82, 2.24) is 14.9 Å². The van der Waals surface area contributed by atoms with E-state index >= 15 is 0 Å². The van der Waals surface area contributed by atoms with Crippen LogP contribution in [0.25, 0.3) is 0 Å². The fourth-order valence-electron chi connectivity index (χ4n) is 2.03. The molecule has 5 heteroatoms. The largest absolute Gasteiger partial charge is 0.477 e. The molecule has 104 valence electrons. The highest BCUT2D eigenvalue weighted by atomic mass is 16.4. The first-order valence-electron chi connectivity index (χ1n) is 6.49. The van der Waals surface area contributed by atoms with Crippen LogP contribution in [0.3, 0.4) is 0 Å². The number of hydrogen-bond acceptors (Lipinski definition) is 4. The van der Waals surface area contributed by atoms with Gasteiger partial charge < -0.3 is 5.11 Å². The average molecular weight is 271 g/mol. The zero-order valence-corrected chi connectivity index (χ0v) is 11.4. The summed E-state index contributed by atoms with van der Waals surface area (Å²) in [5.41, 5.74) is 2.01. The lowest BCUT2D eigenvalue weighted by molar-refractivity contribution is 0.0687. The van der Waals surface area contributed by atoms with Gasteiger partial charge in [0.15, 0.2) is 5.69 Å². The normalized spacial score (nSPS) is 10.7. The quantitative estimate of drug-likeness (QED) is 0.872. The SMILES string of the molecule is CCN(Cc1ccncc1)Cc1cccnc1C(=O)O. The second-order valence-electron chi connectivity index (χ2n) is 4.48. The molecule has 5 nitrogen and oxygen atoms in total. The van der Waals surface area contributed by atoms with E-state index in [4.69, 9.17) is 5.11 Å². The number of rotatable bonds is 6. The van der Waals surface area contributed by atoms with Gasteiger partial charge in [-0.2, -0.15) is 0 Å². The predicted octanol–water partition coefficient (Wildman–Crippen LogP) is 2.20. The average Bonchev–Trinajstić information content (AvgIpc) is 2.48. The molecule has 2 aromatic heterocycles. The van der Waals surface area contributed by atoms with Crippen LogP contribution in [-0.2, 0) is 13.1 Å². The Kier molecular flexibility index (Phi) is 4.79. The predicted molar refractivity (Wildman–Crippen MR) is 75.2 cm³/mol. The fourth-order valence-corrected chi connectivity index (χ4v) is 2.03. The third-order valence-electron chi connectivity index (χ3n) is 3.09. The lowest BCUT2D eigenvalue weighted by atomic mass is 10.1. The lowest BCUT2D eigenvalue weighted by Gasteiger charge is -2.21. The van der Waals surface area contributed by atoms with E-state index in [1.165, 1.54) is 6.20 Å². The summed E-state index contributed by atoms with van der Waals surface area (Å²) in [6.07, 6.45) is 5.03. The Morgan fingerprint density at radius 1 is 1.20 bits per heavy atom. The molecule has 20 heavy (non-hydrogen) atoms. The number of carboxylic acid groups (broad SMARTS) is 1. The molecule has 2 rings (SSSR count). The van der Waals surface area contributed by atoms with E-state index in [9.17, 15) is 4.79 Å². The molecule has 0 aliphatic heterocycles. The number of nitrogens with zero attached hydrogens (tertiary/aromatic N) is 3. The Labute approximate surface area is 117 Å². The molecule has 0 aliphatic carbocycles.